The van der Waals surface area contributed by atoms with Crippen LogP contribution in [0.1, 0.15) is 22.2 Å². The first kappa shape index (κ1) is 15.0. The van der Waals surface area contributed by atoms with Gasteiger partial charge in [0.05, 0.1) is 25.4 Å². The molecular formula is C16H17NO4S. The summed E-state index contributed by atoms with van der Waals surface area (Å²) in [6.45, 7) is 5.90. The highest BCUT2D eigenvalue weighted by Gasteiger charge is 2.34. The molecule has 1 saturated heterocycles. The fourth-order valence-electron chi connectivity index (χ4n) is 2.21. The Balaban J connectivity index is 1.88. The van der Waals surface area contributed by atoms with Gasteiger partial charge in [-0.1, -0.05) is 6.92 Å². The molecule has 0 spiro atoms. The third-order valence-corrected chi connectivity index (χ3v) is 4.47. The van der Waals surface area contributed by atoms with Gasteiger partial charge in [0.25, 0.3) is 0 Å². The summed E-state index contributed by atoms with van der Waals surface area (Å²) in [4.78, 5) is 16.7. The topological polar surface area (TPSA) is 68.7 Å². The van der Waals surface area contributed by atoms with Crippen LogP contribution in [0.5, 0.6) is 5.75 Å². The Morgan fingerprint density at radius 1 is 1.45 bits per heavy atom. The van der Waals surface area contributed by atoms with Gasteiger partial charge in [0.15, 0.2) is 0 Å². The summed E-state index contributed by atoms with van der Waals surface area (Å²) in [5.41, 5.74) is 0.982. The first-order valence-corrected chi connectivity index (χ1v) is 7.79. The molecule has 1 aromatic heterocycles. The summed E-state index contributed by atoms with van der Waals surface area (Å²) >= 11 is 1.53. The summed E-state index contributed by atoms with van der Waals surface area (Å²) in [6, 6.07) is 5.02. The Hall–Kier alpha value is -1.92. The van der Waals surface area contributed by atoms with Crippen molar-refractivity contribution in [2.75, 3.05) is 19.8 Å². The number of thiazole rings is 1. The van der Waals surface area contributed by atoms with Crippen molar-refractivity contribution in [3.8, 4) is 16.3 Å². The molecule has 0 radical (unpaired) electrons. The molecule has 1 N–H and O–H groups in total. The Bertz CT molecular complexity index is 706. The van der Waals surface area contributed by atoms with E-state index in [-0.39, 0.29) is 11.0 Å². The van der Waals surface area contributed by atoms with Crippen molar-refractivity contribution < 1.29 is 19.4 Å². The fourth-order valence-corrected chi connectivity index (χ4v) is 2.96. The lowest BCUT2D eigenvalue weighted by molar-refractivity contribution is -0.120. The highest BCUT2D eigenvalue weighted by molar-refractivity contribution is 7.14. The molecule has 3 rings (SSSR count). The van der Waals surface area contributed by atoms with Crippen LogP contribution in [0.2, 0.25) is 0 Å². The Kier molecular flexibility index (Phi) is 3.88. The summed E-state index contributed by atoms with van der Waals surface area (Å²) in [7, 11) is 0. The second kappa shape index (κ2) is 5.70. The maximum atomic E-state index is 11.3. The number of aromatic nitrogens is 1. The van der Waals surface area contributed by atoms with E-state index in [1.807, 2.05) is 13.0 Å². The molecule has 22 heavy (non-hydrogen) atoms. The number of benzene rings is 1. The zero-order valence-corrected chi connectivity index (χ0v) is 13.3. The molecule has 1 aromatic carbocycles. The van der Waals surface area contributed by atoms with E-state index in [1.165, 1.54) is 11.3 Å². The molecule has 2 heterocycles. The molecular weight excluding hydrogens is 302 g/mol. The number of hydrogen-bond donors (Lipinski definition) is 1. The van der Waals surface area contributed by atoms with Crippen LogP contribution in [-0.2, 0) is 4.74 Å². The van der Waals surface area contributed by atoms with Gasteiger partial charge in [-0.2, -0.15) is 0 Å². The van der Waals surface area contributed by atoms with Gasteiger partial charge >= 0.3 is 5.97 Å². The Morgan fingerprint density at radius 3 is 2.77 bits per heavy atom. The number of carboxylic acids is 1. The zero-order valence-electron chi connectivity index (χ0n) is 12.5. The second-order valence-electron chi connectivity index (χ2n) is 5.92. The maximum absolute atomic E-state index is 11.3. The van der Waals surface area contributed by atoms with Crippen LogP contribution < -0.4 is 4.74 Å². The first-order valence-electron chi connectivity index (χ1n) is 6.97. The average molecular weight is 319 g/mol. The van der Waals surface area contributed by atoms with E-state index in [1.54, 1.807) is 18.3 Å². The normalized spacial score (nSPS) is 16.1. The van der Waals surface area contributed by atoms with Crippen molar-refractivity contribution in [2.24, 2.45) is 5.41 Å². The minimum atomic E-state index is -0.974. The van der Waals surface area contributed by atoms with Crippen LogP contribution in [0.25, 0.3) is 10.6 Å². The van der Waals surface area contributed by atoms with Crippen LogP contribution in [-0.4, -0.2) is 35.9 Å². The lowest BCUT2D eigenvalue weighted by Gasteiger charge is -2.37. The molecule has 0 aliphatic carbocycles. The number of carboxylic acid groups (broad SMARTS) is 1. The predicted molar refractivity (Wildman–Crippen MR) is 83.7 cm³/mol. The summed E-state index contributed by atoms with van der Waals surface area (Å²) in [6.07, 6.45) is 1.78. The van der Waals surface area contributed by atoms with Crippen LogP contribution >= 0.6 is 11.3 Å². The van der Waals surface area contributed by atoms with Crippen molar-refractivity contribution in [3.05, 3.63) is 34.8 Å². The minimum absolute atomic E-state index is 0.0111. The highest BCUT2D eigenvalue weighted by atomic mass is 32.1. The molecule has 0 atom stereocenters. The van der Waals surface area contributed by atoms with Gasteiger partial charge in [-0.3, -0.25) is 0 Å². The Labute approximate surface area is 132 Å². The molecule has 116 valence electrons. The van der Waals surface area contributed by atoms with Crippen LogP contribution in [0, 0.1) is 12.3 Å². The van der Waals surface area contributed by atoms with E-state index in [0.29, 0.717) is 25.6 Å². The number of aromatic carboxylic acids is 1. The van der Waals surface area contributed by atoms with Crippen LogP contribution in [0.15, 0.2) is 24.4 Å². The van der Waals surface area contributed by atoms with Crippen LogP contribution in [0.3, 0.4) is 0 Å². The van der Waals surface area contributed by atoms with Crippen molar-refractivity contribution in [1.82, 2.24) is 4.98 Å². The Morgan fingerprint density at radius 2 is 2.23 bits per heavy atom. The number of carbonyl (C=O) groups is 1. The van der Waals surface area contributed by atoms with Gasteiger partial charge in [-0.25, -0.2) is 9.78 Å². The molecule has 0 unspecified atom stereocenters. The number of ether oxygens (including phenoxy) is 2. The number of hydrogen-bond acceptors (Lipinski definition) is 5. The molecule has 1 aliphatic rings. The van der Waals surface area contributed by atoms with E-state index in [0.717, 1.165) is 15.4 Å². The largest absolute Gasteiger partial charge is 0.493 e. The standard InChI is InChI=1S/C16H17NO4S/c1-10-6-17-14(22-10)11-3-12(15(18)19)5-13(4-11)21-9-16(2)7-20-8-16/h3-6H,7-9H2,1-2H3,(H,18,19). The number of rotatable bonds is 5. The third-order valence-electron chi connectivity index (χ3n) is 3.51. The zero-order chi connectivity index (χ0) is 15.7. The van der Waals surface area contributed by atoms with E-state index in [2.05, 4.69) is 11.9 Å². The van der Waals surface area contributed by atoms with E-state index in [9.17, 15) is 9.90 Å². The third kappa shape index (κ3) is 3.13. The summed E-state index contributed by atoms with van der Waals surface area (Å²) < 4.78 is 11.0. The lowest BCUT2D eigenvalue weighted by atomic mass is 9.90. The van der Waals surface area contributed by atoms with Gasteiger partial charge < -0.3 is 14.6 Å². The van der Waals surface area contributed by atoms with E-state index < -0.39 is 5.97 Å². The molecule has 6 heteroatoms. The minimum Gasteiger partial charge on any atom is -0.493 e. The first-order chi connectivity index (χ1) is 10.5. The van der Waals surface area contributed by atoms with Gasteiger partial charge in [0.1, 0.15) is 10.8 Å². The van der Waals surface area contributed by atoms with Gasteiger partial charge in [0, 0.05) is 22.1 Å². The van der Waals surface area contributed by atoms with Crippen molar-refractivity contribution in [3.63, 3.8) is 0 Å². The lowest BCUT2D eigenvalue weighted by Crippen LogP contribution is -2.44. The maximum Gasteiger partial charge on any atom is 0.335 e. The number of aryl methyl sites for hydroxylation is 1. The van der Waals surface area contributed by atoms with Gasteiger partial charge in [0.2, 0.25) is 0 Å². The monoisotopic (exact) mass is 319 g/mol. The van der Waals surface area contributed by atoms with Gasteiger partial charge in [-0.05, 0) is 25.1 Å². The van der Waals surface area contributed by atoms with Crippen molar-refractivity contribution >= 4 is 17.3 Å². The molecule has 2 aromatic rings. The quantitative estimate of drug-likeness (QED) is 0.916. The van der Waals surface area contributed by atoms with Gasteiger partial charge in [-0.15, -0.1) is 11.3 Å². The number of nitrogens with zero attached hydrogens (tertiary/aromatic N) is 1. The summed E-state index contributed by atoms with van der Waals surface area (Å²) in [5, 5.41) is 10.1. The average Bonchev–Trinajstić information content (AvgIpc) is 2.89. The molecule has 0 bridgehead atoms. The van der Waals surface area contributed by atoms with E-state index >= 15 is 0 Å². The van der Waals surface area contributed by atoms with Crippen molar-refractivity contribution in [1.29, 1.82) is 0 Å². The molecule has 0 saturated carbocycles. The van der Waals surface area contributed by atoms with Crippen molar-refractivity contribution in [2.45, 2.75) is 13.8 Å². The summed E-state index contributed by atoms with van der Waals surface area (Å²) in [5.74, 6) is -0.422. The predicted octanol–water partition coefficient (Wildman–Crippen LogP) is 3.23. The highest BCUT2D eigenvalue weighted by Crippen LogP contribution is 2.32. The van der Waals surface area contributed by atoms with E-state index in [4.69, 9.17) is 9.47 Å². The SMILES string of the molecule is Cc1cnc(-c2cc(OCC3(C)COC3)cc(C(=O)O)c2)s1. The van der Waals surface area contributed by atoms with Crippen LogP contribution in [0.4, 0.5) is 0 Å². The fraction of sp³-hybridized carbons (Fsp3) is 0.375. The molecule has 1 fully saturated rings. The molecule has 0 amide bonds. The molecule has 5 nitrogen and oxygen atoms in total. The smallest absolute Gasteiger partial charge is 0.335 e. The second-order valence-corrected chi connectivity index (χ2v) is 7.15. The molecule has 1 aliphatic heterocycles.